The molecule has 2 bridgehead atoms. The van der Waals surface area contributed by atoms with Gasteiger partial charge in [0.2, 0.25) is 10.0 Å². The highest BCUT2D eigenvalue weighted by Crippen LogP contribution is 2.43. The first kappa shape index (κ1) is 27.9. The van der Waals surface area contributed by atoms with E-state index in [1.54, 1.807) is 18.2 Å². The molecule has 7 nitrogen and oxygen atoms in total. The van der Waals surface area contributed by atoms with E-state index in [1.165, 1.54) is 5.56 Å². The van der Waals surface area contributed by atoms with Crippen molar-refractivity contribution < 1.29 is 23.1 Å². The molecule has 0 aromatic heterocycles. The number of amides is 1. The van der Waals surface area contributed by atoms with Crippen molar-refractivity contribution in [2.45, 2.75) is 82.2 Å². The molecule has 0 spiro atoms. The van der Waals surface area contributed by atoms with E-state index < -0.39 is 21.2 Å². The van der Waals surface area contributed by atoms with Crippen molar-refractivity contribution in [1.82, 2.24) is 4.72 Å². The fraction of sp³-hybridized carbons (Fsp3) is 0.581. The number of carbonyl (C=O) groups excluding carboxylic acids is 1. The highest BCUT2D eigenvalue weighted by molar-refractivity contribution is 7.90. The van der Waals surface area contributed by atoms with Gasteiger partial charge in [-0.15, -0.1) is 0 Å². The number of ether oxygens (including phenoxy) is 1. The minimum atomic E-state index is -3.79. The van der Waals surface area contributed by atoms with Gasteiger partial charge >= 0.3 is 0 Å². The van der Waals surface area contributed by atoms with Crippen molar-refractivity contribution in [2.75, 3.05) is 18.0 Å². The predicted octanol–water partition coefficient (Wildman–Crippen LogP) is 5.47. The van der Waals surface area contributed by atoms with Crippen LogP contribution in [0.15, 0.2) is 36.4 Å². The van der Waals surface area contributed by atoms with Gasteiger partial charge < -0.3 is 14.7 Å². The summed E-state index contributed by atoms with van der Waals surface area (Å²) in [5, 5.41) is 11.3. The van der Waals surface area contributed by atoms with Gasteiger partial charge in [0.25, 0.3) is 5.91 Å². The topological polar surface area (TPSA) is 95.9 Å². The lowest BCUT2D eigenvalue weighted by Gasteiger charge is -2.43. The number of benzene rings is 2. The summed E-state index contributed by atoms with van der Waals surface area (Å²) in [6, 6.07) is 11.1. The van der Waals surface area contributed by atoms with Gasteiger partial charge in [0.05, 0.1) is 17.0 Å². The Bertz CT molecular complexity index is 1370. The molecule has 2 N–H and O–H groups in total. The third-order valence-electron chi connectivity index (χ3n) is 9.72. The van der Waals surface area contributed by atoms with Crippen molar-refractivity contribution in [1.29, 1.82) is 0 Å². The van der Waals surface area contributed by atoms with Crippen LogP contribution in [0, 0.1) is 17.8 Å². The van der Waals surface area contributed by atoms with Crippen molar-refractivity contribution in [2.24, 2.45) is 17.8 Å². The van der Waals surface area contributed by atoms with E-state index in [2.05, 4.69) is 9.62 Å². The Balaban J connectivity index is 1.36. The van der Waals surface area contributed by atoms with Gasteiger partial charge in [-0.05, 0) is 117 Å². The number of hydrogen-bond acceptors (Lipinski definition) is 6. The van der Waals surface area contributed by atoms with Gasteiger partial charge in [-0.25, -0.2) is 13.1 Å². The number of fused-ring (bicyclic) bond motifs is 4. The number of carbonyl (C=O) groups is 1. The molecule has 2 fully saturated rings. The van der Waals surface area contributed by atoms with E-state index >= 15 is 0 Å². The summed E-state index contributed by atoms with van der Waals surface area (Å²) >= 11 is 6.30. The maximum absolute atomic E-state index is 13.3. The number of halogens is 1. The Morgan fingerprint density at radius 1 is 0.925 bits per heavy atom. The zero-order valence-electron chi connectivity index (χ0n) is 22.9. The summed E-state index contributed by atoms with van der Waals surface area (Å²) in [5.41, 5.74) is 3.39. The van der Waals surface area contributed by atoms with E-state index in [-0.39, 0.29) is 17.9 Å². The molecule has 0 saturated heterocycles. The quantitative estimate of drug-likeness (QED) is 0.425. The van der Waals surface area contributed by atoms with Gasteiger partial charge in [-0.1, -0.05) is 24.1 Å². The summed E-state index contributed by atoms with van der Waals surface area (Å²) in [7, 11) is -3.79. The molecule has 6 rings (SSSR count). The zero-order chi connectivity index (χ0) is 27.9. The largest absolute Gasteiger partial charge is 0.487 e. The molecule has 2 aliphatic heterocycles. The number of aliphatic hydroxyl groups excluding tert-OH is 1. The SMILES string of the molecule is O=C1NS(=O)(=O)[C@@H]2CC[C@H]2CCC[C@H](O)[C@@H]2CC[C@H]2CN2CCCCc3cc(Cl)ccc3COc3ccc1cc32. The van der Waals surface area contributed by atoms with Crippen LogP contribution in [-0.2, 0) is 23.1 Å². The molecule has 2 aromatic carbocycles. The second-order valence-corrected chi connectivity index (χ2v) is 14.5. The van der Waals surface area contributed by atoms with Crippen LogP contribution in [-0.4, -0.2) is 43.9 Å². The van der Waals surface area contributed by atoms with Gasteiger partial charge in [-0.2, -0.15) is 0 Å². The highest BCUT2D eigenvalue weighted by Gasteiger charge is 2.42. The fourth-order valence-electron chi connectivity index (χ4n) is 7.03. The third-order valence-corrected chi connectivity index (χ3v) is 11.8. The Hall–Kier alpha value is -2.29. The van der Waals surface area contributed by atoms with Gasteiger partial charge in [0, 0.05) is 23.7 Å². The minimum absolute atomic E-state index is 0.0386. The highest BCUT2D eigenvalue weighted by atomic mass is 35.5. The fourth-order valence-corrected chi connectivity index (χ4v) is 8.98. The number of hydrogen-bond donors (Lipinski definition) is 2. The Labute approximate surface area is 242 Å². The lowest BCUT2D eigenvalue weighted by Crippen LogP contribution is -2.47. The molecule has 4 aliphatic rings. The smallest absolute Gasteiger partial charge is 0.264 e. The number of rotatable bonds is 0. The normalized spacial score (nSPS) is 30.5. The van der Waals surface area contributed by atoms with Crippen LogP contribution in [0.2, 0.25) is 5.02 Å². The van der Waals surface area contributed by atoms with Crippen LogP contribution < -0.4 is 14.4 Å². The number of aliphatic hydroxyl groups is 1. The summed E-state index contributed by atoms with van der Waals surface area (Å²) in [6.45, 7) is 1.92. The molecule has 1 amide bonds. The molecule has 40 heavy (non-hydrogen) atoms. The van der Waals surface area contributed by atoms with Crippen molar-refractivity contribution >= 4 is 33.2 Å². The van der Waals surface area contributed by atoms with Crippen LogP contribution in [0.4, 0.5) is 5.69 Å². The molecule has 9 heteroatoms. The molecule has 216 valence electrons. The van der Waals surface area contributed by atoms with Crippen molar-refractivity contribution in [3.05, 3.63) is 58.1 Å². The number of sulfonamides is 1. The van der Waals surface area contributed by atoms with Crippen LogP contribution >= 0.6 is 11.6 Å². The Morgan fingerprint density at radius 2 is 1.77 bits per heavy atom. The molecule has 2 aromatic rings. The number of nitrogens with zero attached hydrogens (tertiary/aromatic N) is 1. The first-order valence-corrected chi connectivity index (χ1v) is 16.7. The van der Waals surface area contributed by atoms with Crippen molar-refractivity contribution in [3.8, 4) is 5.75 Å². The number of aryl methyl sites for hydroxylation is 1. The second-order valence-electron chi connectivity index (χ2n) is 12.1. The van der Waals surface area contributed by atoms with E-state index in [4.69, 9.17) is 16.3 Å². The van der Waals surface area contributed by atoms with E-state index in [9.17, 15) is 18.3 Å². The molecule has 2 heterocycles. The molecule has 2 aliphatic carbocycles. The monoisotopic (exact) mass is 586 g/mol. The van der Waals surface area contributed by atoms with E-state index in [0.717, 1.165) is 75.7 Å². The maximum Gasteiger partial charge on any atom is 0.264 e. The van der Waals surface area contributed by atoms with Gasteiger partial charge in [-0.3, -0.25) is 4.79 Å². The molecular weight excluding hydrogens is 548 g/mol. The summed E-state index contributed by atoms with van der Waals surface area (Å²) in [6.07, 6.45) is 8.24. The average molecular weight is 587 g/mol. The van der Waals surface area contributed by atoms with Crippen LogP contribution in [0.3, 0.4) is 0 Å². The maximum atomic E-state index is 13.3. The zero-order valence-corrected chi connectivity index (χ0v) is 24.4. The Kier molecular flexibility index (Phi) is 8.03. The third kappa shape index (κ3) is 5.72. The molecular formula is C31H39ClN2O5S. The first-order chi connectivity index (χ1) is 19.3. The number of anilines is 1. The lowest BCUT2D eigenvalue weighted by atomic mass is 9.69. The predicted molar refractivity (Wildman–Crippen MR) is 156 cm³/mol. The second kappa shape index (κ2) is 11.5. The molecule has 0 radical (unpaired) electrons. The van der Waals surface area contributed by atoms with Gasteiger partial charge in [0.15, 0.2) is 0 Å². The Morgan fingerprint density at radius 3 is 2.55 bits per heavy atom. The van der Waals surface area contributed by atoms with E-state index in [0.29, 0.717) is 41.7 Å². The van der Waals surface area contributed by atoms with Crippen LogP contribution in [0.25, 0.3) is 0 Å². The lowest BCUT2D eigenvalue weighted by molar-refractivity contribution is 0.00826. The van der Waals surface area contributed by atoms with Crippen molar-refractivity contribution in [3.63, 3.8) is 0 Å². The molecule has 0 unspecified atom stereocenters. The summed E-state index contributed by atoms with van der Waals surface area (Å²) in [5.74, 6) is 0.725. The van der Waals surface area contributed by atoms with E-state index in [1.807, 2.05) is 18.2 Å². The first-order valence-electron chi connectivity index (χ1n) is 14.8. The summed E-state index contributed by atoms with van der Waals surface area (Å²) < 4.78 is 35.1. The molecule has 2 saturated carbocycles. The van der Waals surface area contributed by atoms with Crippen LogP contribution in [0.1, 0.15) is 79.3 Å². The summed E-state index contributed by atoms with van der Waals surface area (Å²) in [4.78, 5) is 15.6. The minimum Gasteiger partial charge on any atom is -0.487 e. The average Bonchev–Trinajstić information content (AvgIpc) is 2.90. The number of nitrogens with one attached hydrogen (secondary N) is 1. The van der Waals surface area contributed by atoms with Gasteiger partial charge in [0.1, 0.15) is 12.4 Å². The standard InChI is InChI=1S/C31H39ClN2O5S/c32-25-11-7-24-19-39-29-13-9-22-17-27(29)34(15-2-1-4-21(24)16-25)18-23-8-12-26(23)28(35)6-3-5-20-10-14-30(20)40(37,38)33-31(22)36/h7,9,11,13,16-17,20,23,26,28,30,35H,1-6,8,10,12,14-15,18-19H2,(H,33,36)/t20-,23+,26-,28+,30-/m1/s1. The van der Waals surface area contributed by atoms with Crippen LogP contribution in [0.5, 0.6) is 5.75 Å². The molecule has 5 atom stereocenters.